The van der Waals surface area contributed by atoms with E-state index in [0.717, 1.165) is 16.0 Å². The van der Waals surface area contributed by atoms with Gasteiger partial charge >= 0.3 is 0 Å². The van der Waals surface area contributed by atoms with Crippen LogP contribution in [0, 0.1) is 6.92 Å². The lowest BCUT2D eigenvalue weighted by atomic mass is 10.1. The Bertz CT molecular complexity index is 683. The zero-order chi connectivity index (χ0) is 17.5. The van der Waals surface area contributed by atoms with Gasteiger partial charge in [0.05, 0.1) is 24.6 Å². The van der Waals surface area contributed by atoms with Gasteiger partial charge in [-0.3, -0.25) is 4.79 Å². The molecule has 1 heterocycles. The van der Waals surface area contributed by atoms with Crippen LogP contribution in [0.5, 0.6) is 11.5 Å². The van der Waals surface area contributed by atoms with Gasteiger partial charge in [0, 0.05) is 7.11 Å². The predicted molar refractivity (Wildman–Crippen MR) is 95.3 cm³/mol. The molecule has 1 aromatic heterocycles. The topological polar surface area (TPSA) is 56.8 Å². The number of hydrogen-bond acceptors (Lipinski definition) is 5. The highest BCUT2D eigenvalue weighted by atomic mass is 32.1. The molecule has 1 amide bonds. The molecule has 130 valence electrons. The number of nitrogens with one attached hydrogen (secondary N) is 1. The summed E-state index contributed by atoms with van der Waals surface area (Å²) in [6, 6.07) is 7.47. The van der Waals surface area contributed by atoms with Gasteiger partial charge in [0.1, 0.15) is 6.61 Å². The maximum Gasteiger partial charge on any atom is 0.262 e. The van der Waals surface area contributed by atoms with Crippen molar-refractivity contribution in [3.8, 4) is 11.5 Å². The molecule has 0 saturated heterocycles. The van der Waals surface area contributed by atoms with Crippen molar-refractivity contribution in [1.29, 1.82) is 0 Å². The first-order valence-corrected chi connectivity index (χ1v) is 8.59. The van der Waals surface area contributed by atoms with Crippen LogP contribution in [-0.2, 0) is 4.74 Å². The van der Waals surface area contributed by atoms with Crippen LogP contribution in [0.3, 0.4) is 0 Å². The summed E-state index contributed by atoms with van der Waals surface area (Å²) < 4.78 is 16.0. The molecule has 2 rings (SSSR count). The average Bonchev–Trinajstić information content (AvgIpc) is 3.01. The minimum atomic E-state index is -0.138. The Morgan fingerprint density at radius 1 is 1.21 bits per heavy atom. The number of thiophene rings is 1. The molecule has 0 saturated carbocycles. The van der Waals surface area contributed by atoms with E-state index in [-0.39, 0.29) is 11.9 Å². The predicted octanol–water partition coefficient (Wildman–Crippen LogP) is 3.58. The van der Waals surface area contributed by atoms with Crippen molar-refractivity contribution in [2.45, 2.75) is 19.9 Å². The number of aryl methyl sites for hydroxylation is 1. The van der Waals surface area contributed by atoms with E-state index in [0.29, 0.717) is 24.7 Å². The first kappa shape index (κ1) is 18.3. The summed E-state index contributed by atoms with van der Waals surface area (Å²) in [6.07, 6.45) is 0. The average molecular weight is 349 g/mol. The van der Waals surface area contributed by atoms with Gasteiger partial charge in [-0.1, -0.05) is 6.07 Å². The number of rotatable bonds is 8. The molecule has 0 spiro atoms. The second-order valence-electron chi connectivity index (χ2n) is 5.38. The summed E-state index contributed by atoms with van der Waals surface area (Å²) in [5.74, 6) is 1.23. The van der Waals surface area contributed by atoms with E-state index in [1.54, 1.807) is 14.2 Å². The van der Waals surface area contributed by atoms with Crippen LogP contribution in [0.2, 0.25) is 0 Å². The van der Waals surface area contributed by atoms with Crippen molar-refractivity contribution in [1.82, 2.24) is 5.32 Å². The largest absolute Gasteiger partial charge is 0.493 e. The Labute approximate surface area is 146 Å². The summed E-state index contributed by atoms with van der Waals surface area (Å²) >= 11 is 1.45. The van der Waals surface area contributed by atoms with Gasteiger partial charge in [0.2, 0.25) is 0 Å². The summed E-state index contributed by atoms with van der Waals surface area (Å²) in [5.41, 5.74) is 1.94. The molecule has 1 N–H and O–H groups in total. The van der Waals surface area contributed by atoms with Gasteiger partial charge in [-0.15, -0.1) is 11.3 Å². The molecule has 6 heteroatoms. The first-order chi connectivity index (χ1) is 11.6. The van der Waals surface area contributed by atoms with Crippen LogP contribution in [0.1, 0.15) is 33.8 Å². The molecule has 24 heavy (non-hydrogen) atoms. The van der Waals surface area contributed by atoms with Crippen LogP contribution in [-0.4, -0.2) is 33.3 Å². The minimum Gasteiger partial charge on any atom is -0.493 e. The van der Waals surface area contributed by atoms with Crippen molar-refractivity contribution < 1.29 is 19.0 Å². The second kappa shape index (κ2) is 8.70. The van der Waals surface area contributed by atoms with Crippen LogP contribution in [0.25, 0.3) is 0 Å². The SMILES string of the molecule is COCCOc1ccc([C@@H](C)NC(=O)c2sccc2C)cc1OC. The highest BCUT2D eigenvalue weighted by Crippen LogP contribution is 2.30. The van der Waals surface area contributed by atoms with Crippen molar-refractivity contribution in [3.05, 3.63) is 45.6 Å². The summed E-state index contributed by atoms with van der Waals surface area (Å²) in [7, 11) is 3.23. The van der Waals surface area contributed by atoms with E-state index < -0.39 is 0 Å². The Balaban J connectivity index is 2.07. The fraction of sp³-hybridized carbons (Fsp3) is 0.389. The molecule has 0 aliphatic rings. The Morgan fingerprint density at radius 2 is 2.00 bits per heavy atom. The lowest BCUT2D eigenvalue weighted by molar-refractivity contribution is 0.0943. The number of benzene rings is 1. The van der Waals surface area contributed by atoms with Gasteiger partial charge in [-0.05, 0) is 48.6 Å². The Morgan fingerprint density at radius 3 is 2.62 bits per heavy atom. The maximum atomic E-state index is 12.3. The van der Waals surface area contributed by atoms with Crippen molar-refractivity contribution in [3.63, 3.8) is 0 Å². The summed E-state index contributed by atoms with van der Waals surface area (Å²) in [6.45, 7) is 4.85. The minimum absolute atomic E-state index is 0.0608. The third-order valence-corrected chi connectivity index (χ3v) is 4.66. The van der Waals surface area contributed by atoms with Gasteiger partial charge in [-0.25, -0.2) is 0 Å². The molecule has 0 bridgehead atoms. The molecule has 1 aromatic carbocycles. The molecule has 0 aliphatic carbocycles. The molecule has 1 atom stereocenters. The van der Waals surface area contributed by atoms with Gasteiger partial charge in [-0.2, -0.15) is 0 Å². The normalized spacial score (nSPS) is 11.8. The van der Waals surface area contributed by atoms with E-state index in [4.69, 9.17) is 14.2 Å². The van der Waals surface area contributed by atoms with Gasteiger partial charge < -0.3 is 19.5 Å². The van der Waals surface area contributed by atoms with E-state index in [9.17, 15) is 4.79 Å². The van der Waals surface area contributed by atoms with Crippen LogP contribution in [0.15, 0.2) is 29.6 Å². The molecule has 0 unspecified atom stereocenters. The van der Waals surface area contributed by atoms with E-state index in [1.807, 2.05) is 43.5 Å². The molecular formula is C18H23NO4S. The molecule has 0 radical (unpaired) electrons. The maximum absolute atomic E-state index is 12.3. The smallest absolute Gasteiger partial charge is 0.262 e. The fourth-order valence-corrected chi connectivity index (χ4v) is 3.09. The van der Waals surface area contributed by atoms with Crippen LogP contribution in [0.4, 0.5) is 0 Å². The number of methoxy groups -OCH3 is 2. The monoisotopic (exact) mass is 349 g/mol. The van der Waals surface area contributed by atoms with Crippen LogP contribution < -0.4 is 14.8 Å². The molecular weight excluding hydrogens is 326 g/mol. The lowest BCUT2D eigenvalue weighted by Gasteiger charge is -2.17. The fourth-order valence-electron chi connectivity index (χ4n) is 2.26. The quantitative estimate of drug-likeness (QED) is 0.740. The molecule has 2 aromatic rings. The molecule has 0 aliphatic heterocycles. The third-order valence-electron chi connectivity index (χ3n) is 3.65. The van der Waals surface area contributed by atoms with E-state index >= 15 is 0 Å². The van der Waals surface area contributed by atoms with E-state index in [1.165, 1.54) is 11.3 Å². The number of hydrogen-bond donors (Lipinski definition) is 1. The second-order valence-corrected chi connectivity index (χ2v) is 6.30. The van der Waals surface area contributed by atoms with Crippen LogP contribution >= 0.6 is 11.3 Å². The standard InChI is InChI=1S/C18H23NO4S/c1-12-7-10-24-17(12)18(20)19-13(2)14-5-6-15(16(11-14)22-4)23-9-8-21-3/h5-7,10-11,13H,8-9H2,1-4H3,(H,19,20)/t13-/m1/s1. The Hall–Kier alpha value is -2.05. The zero-order valence-electron chi connectivity index (χ0n) is 14.4. The number of ether oxygens (including phenoxy) is 3. The summed E-state index contributed by atoms with van der Waals surface area (Å²) in [5, 5.41) is 4.94. The number of carbonyl (C=O) groups is 1. The number of amides is 1. The first-order valence-electron chi connectivity index (χ1n) is 7.71. The summed E-state index contributed by atoms with van der Waals surface area (Å²) in [4.78, 5) is 13.1. The van der Waals surface area contributed by atoms with E-state index in [2.05, 4.69) is 5.32 Å². The molecule has 5 nitrogen and oxygen atoms in total. The molecule has 0 fully saturated rings. The zero-order valence-corrected chi connectivity index (χ0v) is 15.2. The van der Waals surface area contributed by atoms with Gasteiger partial charge in [0.25, 0.3) is 5.91 Å². The van der Waals surface area contributed by atoms with Gasteiger partial charge in [0.15, 0.2) is 11.5 Å². The van der Waals surface area contributed by atoms with Crippen molar-refractivity contribution >= 4 is 17.2 Å². The number of carbonyl (C=O) groups excluding carboxylic acids is 1. The lowest BCUT2D eigenvalue weighted by Crippen LogP contribution is -2.26. The highest BCUT2D eigenvalue weighted by molar-refractivity contribution is 7.12. The Kier molecular flexibility index (Phi) is 6.63. The third kappa shape index (κ3) is 4.49. The van der Waals surface area contributed by atoms with Crippen molar-refractivity contribution in [2.75, 3.05) is 27.4 Å². The van der Waals surface area contributed by atoms with Crippen molar-refractivity contribution in [2.24, 2.45) is 0 Å². The highest BCUT2D eigenvalue weighted by Gasteiger charge is 2.16.